The Balaban J connectivity index is 1.51. The Morgan fingerprint density at radius 2 is 1.81 bits per heavy atom. The molecule has 0 atom stereocenters. The molecule has 0 bridgehead atoms. The number of rotatable bonds is 8. The van der Waals surface area contributed by atoms with Crippen molar-refractivity contribution in [1.29, 1.82) is 5.26 Å². The van der Waals surface area contributed by atoms with Gasteiger partial charge in [-0.15, -0.1) is 0 Å². The molecule has 9 heteroatoms. The highest BCUT2D eigenvalue weighted by Crippen LogP contribution is 2.27. The lowest BCUT2D eigenvalue weighted by atomic mass is 10.2. The summed E-state index contributed by atoms with van der Waals surface area (Å²) < 4.78 is 38.1. The van der Waals surface area contributed by atoms with Crippen LogP contribution in [0.15, 0.2) is 86.7 Å². The third-order valence-corrected chi connectivity index (χ3v) is 6.61. The molecule has 0 aliphatic rings. The van der Waals surface area contributed by atoms with Crippen molar-refractivity contribution in [3.05, 3.63) is 90.0 Å². The number of aromatic nitrogens is 1. The SMILES string of the molecule is CN(Cc1ccccc1)S(=O)(=O)c1ccc(-c2nc(C#N)c(NCc3ccco3)o2)cc1. The Labute approximate surface area is 185 Å². The number of furan rings is 1. The molecular weight excluding hydrogens is 428 g/mol. The van der Waals surface area contributed by atoms with Gasteiger partial charge in [0.1, 0.15) is 11.8 Å². The summed E-state index contributed by atoms with van der Waals surface area (Å²) in [5, 5.41) is 12.3. The van der Waals surface area contributed by atoms with Crippen molar-refractivity contribution in [3.63, 3.8) is 0 Å². The van der Waals surface area contributed by atoms with Gasteiger partial charge in [-0.2, -0.15) is 14.6 Å². The van der Waals surface area contributed by atoms with Crippen molar-refractivity contribution in [1.82, 2.24) is 9.29 Å². The maximum absolute atomic E-state index is 12.9. The van der Waals surface area contributed by atoms with Crippen LogP contribution in [0.3, 0.4) is 0 Å². The molecule has 4 aromatic rings. The lowest BCUT2D eigenvalue weighted by Crippen LogP contribution is -2.26. The molecule has 0 radical (unpaired) electrons. The average molecular weight is 449 g/mol. The fraction of sp³-hybridized carbons (Fsp3) is 0.130. The summed E-state index contributed by atoms with van der Waals surface area (Å²) in [6.45, 7) is 0.599. The molecule has 0 saturated carbocycles. The van der Waals surface area contributed by atoms with Crippen molar-refractivity contribution in [2.24, 2.45) is 0 Å². The Hall–Kier alpha value is -3.87. The van der Waals surface area contributed by atoms with Crippen molar-refractivity contribution in [2.75, 3.05) is 12.4 Å². The number of anilines is 1. The summed E-state index contributed by atoms with van der Waals surface area (Å²) >= 11 is 0. The van der Waals surface area contributed by atoms with Gasteiger partial charge in [-0.05, 0) is 42.0 Å². The minimum absolute atomic E-state index is 0.103. The van der Waals surface area contributed by atoms with E-state index in [0.717, 1.165) is 5.56 Å². The van der Waals surface area contributed by atoms with Gasteiger partial charge in [0.25, 0.3) is 0 Å². The van der Waals surface area contributed by atoms with E-state index >= 15 is 0 Å². The second kappa shape index (κ2) is 9.09. The smallest absolute Gasteiger partial charge is 0.243 e. The second-order valence-electron chi connectivity index (χ2n) is 7.01. The van der Waals surface area contributed by atoms with Crippen LogP contribution in [-0.2, 0) is 23.1 Å². The molecule has 32 heavy (non-hydrogen) atoms. The summed E-state index contributed by atoms with van der Waals surface area (Å²) in [6, 6.07) is 21.1. The number of nitrogens with zero attached hydrogens (tertiary/aromatic N) is 3. The van der Waals surface area contributed by atoms with Gasteiger partial charge in [-0.3, -0.25) is 0 Å². The zero-order valence-electron chi connectivity index (χ0n) is 17.2. The predicted octanol–water partition coefficient (Wildman–Crippen LogP) is 4.24. The first-order valence-electron chi connectivity index (χ1n) is 9.75. The summed E-state index contributed by atoms with van der Waals surface area (Å²) in [5.74, 6) is 1.12. The van der Waals surface area contributed by atoms with Crippen molar-refractivity contribution < 1.29 is 17.3 Å². The molecule has 0 saturated heterocycles. The van der Waals surface area contributed by atoms with Crippen LogP contribution in [0.25, 0.3) is 11.5 Å². The van der Waals surface area contributed by atoms with Crippen LogP contribution >= 0.6 is 0 Å². The number of hydrogen-bond acceptors (Lipinski definition) is 7. The van der Waals surface area contributed by atoms with Crippen LogP contribution in [0.2, 0.25) is 0 Å². The fourth-order valence-electron chi connectivity index (χ4n) is 3.09. The Kier molecular flexibility index (Phi) is 6.07. The van der Waals surface area contributed by atoms with Crippen LogP contribution in [0.4, 0.5) is 5.88 Å². The molecule has 2 aromatic heterocycles. The van der Waals surface area contributed by atoms with E-state index in [9.17, 15) is 13.7 Å². The van der Waals surface area contributed by atoms with E-state index in [-0.39, 0.29) is 28.9 Å². The van der Waals surface area contributed by atoms with Gasteiger partial charge in [0.05, 0.1) is 17.7 Å². The van der Waals surface area contributed by atoms with Crippen LogP contribution < -0.4 is 5.32 Å². The Morgan fingerprint density at radius 3 is 2.47 bits per heavy atom. The molecular formula is C23H20N4O4S. The topological polar surface area (TPSA) is 112 Å². The molecule has 0 aliphatic carbocycles. The van der Waals surface area contributed by atoms with Gasteiger partial charge < -0.3 is 14.2 Å². The van der Waals surface area contributed by atoms with Gasteiger partial charge in [-0.1, -0.05) is 30.3 Å². The van der Waals surface area contributed by atoms with E-state index in [2.05, 4.69) is 10.3 Å². The number of sulfonamides is 1. The summed E-state index contributed by atoms with van der Waals surface area (Å²) in [6.07, 6.45) is 1.56. The number of nitrogens with one attached hydrogen (secondary N) is 1. The third kappa shape index (κ3) is 4.56. The fourth-order valence-corrected chi connectivity index (χ4v) is 4.25. The minimum atomic E-state index is -3.67. The normalized spacial score (nSPS) is 11.4. The third-order valence-electron chi connectivity index (χ3n) is 4.79. The lowest BCUT2D eigenvalue weighted by Gasteiger charge is -2.17. The molecule has 162 valence electrons. The first-order valence-corrected chi connectivity index (χ1v) is 11.2. The summed E-state index contributed by atoms with van der Waals surface area (Å²) in [4.78, 5) is 4.36. The van der Waals surface area contributed by atoms with Crippen molar-refractivity contribution >= 4 is 15.9 Å². The lowest BCUT2D eigenvalue weighted by molar-refractivity contribution is 0.466. The Bertz CT molecular complexity index is 1320. The number of oxazole rings is 1. The zero-order chi connectivity index (χ0) is 22.6. The molecule has 0 unspecified atom stereocenters. The maximum Gasteiger partial charge on any atom is 0.243 e. The van der Waals surface area contributed by atoms with E-state index in [1.54, 1.807) is 37.6 Å². The monoisotopic (exact) mass is 448 g/mol. The summed E-state index contributed by atoms with van der Waals surface area (Å²) in [5.41, 5.74) is 1.55. The van der Waals surface area contributed by atoms with Gasteiger partial charge >= 0.3 is 0 Å². The molecule has 8 nitrogen and oxygen atoms in total. The Morgan fingerprint density at radius 1 is 1.06 bits per heavy atom. The first-order chi connectivity index (χ1) is 15.5. The largest absolute Gasteiger partial charge is 0.467 e. The maximum atomic E-state index is 12.9. The van der Waals surface area contributed by atoms with Crippen LogP contribution in [0, 0.1) is 11.3 Å². The molecule has 0 amide bonds. The first kappa shape index (κ1) is 21.4. The molecule has 0 aliphatic heterocycles. The predicted molar refractivity (Wildman–Crippen MR) is 118 cm³/mol. The molecule has 4 rings (SSSR count). The number of hydrogen-bond donors (Lipinski definition) is 1. The highest BCUT2D eigenvalue weighted by atomic mass is 32.2. The van der Waals surface area contributed by atoms with E-state index in [1.165, 1.54) is 16.4 Å². The molecule has 1 N–H and O–H groups in total. The van der Waals surface area contributed by atoms with Crippen LogP contribution in [-0.4, -0.2) is 24.8 Å². The highest BCUT2D eigenvalue weighted by Gasteiger charge is 2.22. The van der Waals surface area contributed by atoms with Crippen molar-refractivity contribution in [2.45, 2.75) is 18.0 Å². The van der Waals surface area contributed by atoms with Gasteiger partial charge in [0, 0.05) is 19.2 Å². The summed E-state index contributed by atoms with van der Waals surface area (Å²) in [7, 11) is -2.13. The van der Waals surface area contributed by atoms with Crippen molar-refractivity contribution in [3.8, 4) is 17.5 Å². The zero-order valence-corrected chi connectivity index (χ0v) is 18.0. The van der Waals surface area contributed by atoms with E-state index in [4.69, 9.17) is 8.83 Å². The number of benzene rings is 2. The number of nitriles is 1. The molecule has 0 fully saturated rings. The van der Waals surface area contributed by atoms with Gasteiger partial charge in [0.2, 0.25) is 27.5 Å². The van der Waals surface area contributed by atoms with E-state index in [1.807, 2.05) is 36.4 Å². The molecule has 0 spiro atoms. The van der Waals surface area contributed by atoms with Crippen LogP contribution in [0.1, 0.15) is 17.0 Å². The van der Waals surface area contributed by atoms with Crippen LogP contribution in [0.5, 0.6) is 0 Å². The average Bonchev–Trinajstić information content (AvgIpc) is 3.48. The van der Waals surface area contributed by atoms with E-state index in [0.29, 0.717) is 17.9 Å². The standard InChI is InChI=1S/C23H20N4O4S/c1-27(16-17-6-3-2-4-7-17)32(28,29)20-11-9-18(10-12-20)22-26-21(14-24)23(31-22)25-15-19-8-5-13-30-19/h2-13,25H,15-16H2,1H3. The van der Waals surface area contributed by atoms with E-state index < -0.39 is 10.0 Å². The molecule has 2 aromatic carbocycles. The van der Waals surface area contributed by atoms with Gasteiger partial charge in [-0.25, -0.2) is 8.42 Å². The molecule has 2 heterocycles. The highest BCUT2D eigenvalue weighted by molar-refractivity contribution is 7.89. The van der Waals surface area contributed by atoms with Gasteiger partial charge in [0.15, 0.2) is 0 Å². The minimum Gasteiger partial charge on any atom is -0.467 e. The second-order valence-corrected chi connectivity index (χ2v) is 9.06. The quantitative estimate of drug-likeness (QED) is 0.429.